The fourth-order valence-corrected chi connectivity index (χ4v) is 1.89. The summed E-state index contributed by atoms with van der Waals surface area (Å²) in [6.07, 6.45) is -0.532. The molecule has 3 N–H and O–H groups in total. The minimum Gasteiger partial charge on any atom is -0.449 e. The first kappa shape index (κ1) is 15.8. The molecule has 0 saturated heterocycles. The number of hydrogen-bond acceptors (Lipinski definition) is 4. The van der Waals surface area contributed by atoms with Crippen LogP contribution in [0.25, 0.3) is 0 Å². The summed E-state index contributed by atoms with van der Waals surface area (Å²) in [5.41, 5.74) is 10.7. The van der Waals surface area contributed by atoms with Gasteiger partial charge >= 0.3 is 6.09 Å². The summed E-state index contributed by atoms with van der Waals surface area (Å²) in [5.74, 6) is -0.304. The van der Waals surface area contributed by atoms with Gasteiger partial charge in [0.25, 0.3) is 0 Å². The van der Waals surface area contributed by atoms with Crippen molar-refractivity contribution in [2.45, 2.75) is 13.5 Å². The van der Waals surface area contributed by atoms with Crippen LogP contribution in [0.15, 0.2) is 48.5 Å². The molecule has 0 fully saturated rings. The number of nitrogens with two attached hydrogens (primary N) is 1. The number of nitrogens with one attached hydrogen (secondary N) is 1. The summed E-state index contributed by atoms with van der Waals surface area (Å²) < 4.78 is 17.9. The molecule has 0 aromatic heterocycles. The predicted molar refractivity (Wildman–Crippen MR) is 83.6 cm³/mol. The molecule has 2 rings (SSSR count). The van der Waals surface area contributed by atoms with Gasteiger partial charge < -0.3 is 10.5 Å². The monoisotopic (exact) mass is 303 g/mol. The molecule has 0 spiro atoms. The zero-order valence-corrected chi connectivity index (χ0v) is 12.3. The fraction of sp³-hybridized carbons (Fsp3) is 0.188. The number of halogens is 1. The molecule has 5 nitrogen and oxygen atoms in total. The Bertz CT molecular complexity index is 632. The number of hydrogen-bond donors (Lipinski definition) is 2. The van der Waals surface area contributed by atoms with Crippen molar-refractivity contribution in [1.82, 2.24) is 5.43 Å². The van der Waals surface area contributed by atoms with Crippen molar-refractivity contribution in [2.24, 2.45) is 0 Å². The number of hydrazine groups is 1. The molecule has 2 aromatic carbocycles. The van der Waals surface area contributed by atoms with Gasteiger partial charge in [-0.15, -0.1) is 0 Å². The molecule has 1 amide bonds. The van der Waals surface area contributed by atoms with Crippen LogP contribution in [0.5, 0.6) is 0 Å². The van der Waals surface area contributed by atoms with Gasteiger partial charge in [0, 0.05) is 12.2 Å². The summed E-state index contributed by atoms with van der Waals surface area (Å²) in [4.78, 5) is 12.1. The number of carbonyl (C=O) groups excluding carboxylic acids is 1. The SMILES string of the molecule is CCOC(=O)N(NCc1ccc(F)cc1)c1cccc(N)c1. The Kier molecular flexibility index (Phi) is 5.32. The first-order valence-corrected chi connectivity index (χ1v) is 6.90. The third-order valence-electron chi connectivity index (χ3n) is 2.93. The standard InChI is InChI=1S/C16H18FN3O2/c1-2-22-16(21)20(15-5-3-4-14(18)10-15)19-11-12-6-8-13(17)9-7-12/h3-10,19H,2,11,18H2,1H3. The summed E-state index contributed by atoms with van der Waals surface area (Å²) in [6, 6.07) is 12.9. The van der Waals surface area contributed by atoms with Crippen molar-refractivity contribution in [3.63, 3.8) is 0 Å². The van der Waals surface area contributed by atoms with Crippen LogP contribution in [0.4, 0.5) is 20.6 Å². The lowest BCUT2D eigenvalue weighted by molar-refractivity contribution is 0.156. The molecule has 2 aromatic rings. The molecular formula is C16H18FN3O2. The predicted octanol–water partition coefficient (Wildman–Crippen LogP) is 3.08. The van der Waals surface area contributed by atoms with Gasteiger partial charge in [-0.3, -0.25) is 0 Å². The molecule has 22 heavy (non-hydrogen) atoms. The molecule has 0 bridgehead atoms. The number of amides is 1. The summed E-state index contributed by atoms with van der Waals surface area (Å²) in [5, 5.41) is 1.28. The number of anilines is 2. The van der Waals surface area contributed by atoms with Crippen molar-refractivity contribution < 1.29 is 13.9 Å². The van der Waals surface area contributed by atoms with Crippen LogP contribution >= 0.6 is 0 Å². The Labute approximate surface area is 128 Å². The van der Waals surface area contributed by atoms with Gasteiger partial charge in [-0.1, -0.05) is 18.2 Å². The zero-order valence-electron chi connectivity index (χ0n) is 12.3. The molecule has 6 heteroatoms. The molecule has 0 heterocycles. The Morgan fingerprint density at radius 2 is 2.00 bits per heavy atom. The van der Waals surface area contributed by atoms with Gasteiger partial charge in [-0.25, -0.2) is 19.6 Å². The average Bonchev–Trinajstić information content (AvgIpc) is 2.50. The third kappa shape index (κ3) is 4.20. The van der Waals surface area contributed by atoms with Crippen LogP contribution in [0.2, 0.25) is 0 Å². The van der Waals surface area contributed by atoms with E-state index in [2.05, 4.69) is 5.43 Å². The second-order valence-electron chi connectivity index (χ2n) is 4.59. The van der Waals surface area contributed by atoms with Crippen molar-refractivity contribution in [3.05, 3.63) is 59.9 Å². The molecule has 116 valence electrons. The number of nitrogen functional groups attached to an aromatic ring is 1. The minimum atomic E-state index is -0.532. The number of rotatable bonds is 5. The largest absolute Gasteiger partial charge is 0.449 e. The lowest BCUT2D eigenvalue weighted by Crippen LogP contribution is -2.43. The molecule has 0 saturated carbocycles. The molecule has 0 radical (unpaired) electrons. The maximum absolute atomic E-state index is 12.9. The minimum absolute atomic E-state index is 0.260. The van der Waals surface area contributed by atoms with Gasteiger partial charge in [-0.05, 0) is 42.8 Å². The van der Waals surface area contributed by atoms with E-state index in [0.29, 0.717) is 17.9 Å². The maximum atomic E-state index is 12.9. The molecule has 0 aliphatic rings. The van der Waals surface area contributed by atoms with Crippen LogP contribution < -0.4 is 16.2 Å². The van der Waals surface area contributed by atoms with E-state index in [0.717, 1.165) is 5.56 Å². The van der Waals surface area contributed by atoms with Crippen molar-refractivity contribution in [1.29, 1.82) is 0 Å². The molecule has 0 aliphatic heterocycles. The Balaban J connectivity index is 2.14. The molecule has 0 aliphatic carbocycles. The van der Waals surface area contributed by atoms with Crippen molar-refractivity contribution >= 4 is 17.5 Å². The first-order chi connectivity index (χ1) is 10.6. The number of ether oxygens (including phenoxy) is 1. The number of nitrogens with zero attached hydrogens (tertiary/aromatic N) is 1. The Morgan fingerprint density at radius 3 is 2.64 bits per heavy atom. The molecule has 0 atom stereocenters. The van der Waals surface area contributed by atoms with Gasteiger partial charge in [0.05, 0.1) is 12.3 Å². The highest BCUT2D eigenvalue weighted by Gasteiger charge is 2.16. The highest BCUT2D eigenvalue weighted by Crippen LogP contribution is 2.17. The zero-order chi connectivity index (χ0) is 15.9. The summed E-state index contributed by atoms with van der Waals surface area (Å²) in [7, 11) is 0. The first-order valence-electron chi connectivity index (χ1n) is 6.90. The van der Waals surface area contributed by atoms with E-state index in [1.54, 1.807) is 43.3 Å². The molecule has 0 unspecified atom stereocenters. The lowest BCUT2D eigenvalue weighted by Gasteiger charge is -2.23. The van der Waals surface area contributed by atoms with Crippen LogP contribution in [0, 0.1) is 5.82 Å². The fourth-order valence-electron chi connectivity index (χ4n) is 1.89. The van der Waals surface area contributed by atoms with E-state index in [9.17, 15) is 9.18 Å². The van der Waals surface area contributed by atoms with E-state index in [1.165, 1.54) is 17.1 Å². The molecular weight excluding hydrogens is 285 g/mol. The van der Waals surface area contributed by atoms with E-state index >= 15 is 0 Å². The Hall–Kier alpha value is -2.60. The lowest BCUT2D eigenvalue weighted by atomic mass is 10.2. The smallest absolute Gasteiger partial charge is 0.429 e. The van der Waals surface area contributed by atoms with E-state index in [1.807, 2.05) is 0 Å². The number of benzene rings is 2. The quantitative estimate of drug-likeness (QED) is 0.658. The van der Waals surface area contributed by atoms with Crippen molar-refractivity contribution in [2.75, 3.05) is 17.3 Å². The second kappa shape index (κ2) is 7.42. The summed E-state index contributed by atoms with van der Waals surface area (Å²) >= 11 is 0. The van der Waals surface area contributed by atoms with Gasteiger partial charge in [0.15, 0.2) is 0 Å². The van der Waals surface area contributed by atoms with E-state index in [-0.39, 0.29) is 12.4 Å². The van der Waals surface area contributed by atoms with Crippen LogP contribution in [0.3, 0.4) is 0 Å². The van der Waals surface area contributed by atoms with Gasteiger partial charge in [0.2, 0.25) is 0 Å². The maximum Gasteiger partial charge on any atom is 0.429 e. The second-order valence-corrected chi connectivity index (χ2v) is 4.59. The summed E-state index contributed by atoms with van der Waals surface area (Å²) in [6.45, 7) is 2.33. The van der Waals surface area contributed by atoms with Crippen LogP contribution in [-0.2, 0) is 11.3 Å². The van der Waals surface area contributed by atoms with Crippen LogP contribution in [-0.4, -0.2) is 12.7 Å². The highest BCUT2D eigenvalue weighted by atomic mass is 19.1. The Morgan fingerprint density at radius 1 is 1.27 bits per heavy atom. The average molecular weight is 303 g/mol. The topological polar surface area (TPSA) is 67.6 Å². The highest BCUT2D eigenvalue weighted by molar-refractivity contribution is 5.87. The van der Waals surface area contributed by atoms with Gasteiger partial charge in [-0.2, -0.15) is 0 Å². The number of carbonyl (C=O) groups is 1. The third-order valence-corrected chi connectivity index (χ3v) is 2.93. The van der Waals surface area contributed by atoms with Gasteiger partial charge in [0.1, 0.15) is 5.82 Å². The normalized spacial score (nSPS) is 10.3. The van der Waals surface area contributed by atoms with E-state index in [4.69, 9.17) is 10.5 Å². The van der Waals surface area contributed by atoms with Crippen LogP contribution in [0.1, 0.15) is 12.5 Å². The van der Waals surface area contributed by atoms with Crippen molar-refractivity contribution in [3.8, 4) is 0 Å². The van der Waals surface area contributed by atoms with E-state index < -0.39 is 6.09 Å².